The molecule has 0 amide bonds. The Bertz CT molecular complexity index is 395. The number of hydrogen-bond acceptors (Lipinski definition) is 3. The van der Waals surface area contributed by atoms with Gasteiger partial charge < -0.3 is 10.3 Å². The van der Waals surface area contributed by atoms with E-state index in [4.69, 9.17) is 0 Å². The predicted molar refractivity (Wildman–Crippen MR) is 57.2 cm³/mol. The molecule has 2 aromatic rings. The van der Waals surface area contributed by atoms with Gasteiger partial charge in [-0.1, -0.05) is 0 Å². The van der Waals surface area contributed by atoms with E-state index in [0.717, 1.165) is 30.2 Å². The molecule has 0 fully saturated rings. The highest BCUT2D eigenvalue weighted by Crippen LogP contribution is 2.08. The van der Waals surface area contributed by atoms with Crippen molar-refractivity contribution >= 4 is 0 Å². The van der Waals surface area contributed by atoms with Crippen molar-refractivity contribution in [1.29, 1.82) is 0 Å². The van der Waals surface area contributed by atoms with Crippen LogP contribution in [0, 0.1) is 13.8 Å². The van der Waals surface area contributed by atoms with Gasteiger partial charge in [-0.05, 0) is 13.8 Å². The minimum atomic E-state index is 0.796. The highest BCUT2D eigenvalue weighted by atomic mass is 15.1. The number of nitrogens with one attached hydrogen (secondary N) is 3. The van der Waals surface area contributed by atoms with Crippen LogP contribution in [-0.2, 0) is 13.1 Å². The molecule has 0 aliphatic carbocycles. The minimum Gasteiger partial charge on any atom is -0.347 e. The lowest BCUT2D eigenvalue weighted by Crippen LogP contribution is -2.13. The summed E-state index contributed by atoms with van der Waals surface area (Å²) in [5.41, 5.74) is 4.53. The highest BCUT2D eigenvalue weighted by molar-refractivity contribution is 5.22. The van der Waals surface area contributed by atoms with Gasteiger partial charge in [0.1, 0.15) is 0 Å². The van der Waals surface area contributed by atoms with E-state index >= 15 is 0 Å². The quantitative estimate of drug-likeness (QED) is 0.698. The maximum absolute atomic E-state index is 4.15. The van der Waals surface area contributed by atoms with Gasteiger partial charge in [0.05, 0.1) is 12.0 Å². The molecule has 0 saturated heterocycles. The second kappa shape index (κ2) is 4.27. The number of aromatic nitrogens is 4. The molecule has 15 heavy (non-hydrogen) atoms. The van der Waals surface area contributed by atoms with Crippen molar-refractivity contribution in [1.82, 2.24) is 25.5 Å². The molecule has 2 rings (SSSR count). The monoisotopic (exact) mass is 205 g/mol. The molecular formula is C10H15N5. The summed E-state index contributed by atoms with van der Waals surface area (Å²) in [4.78, 5) is 7.01. The van der Waals surface area contributed by atoms with E-state index in [1.54, 1.807) is 6.33 Å². The maximum Gasteiger partial charge on any atom is 0.0922 e. The minimum absolute atomic E-state index is 0.796. The van der Waals surface area contributed by atoms with Crippen LogP contribution in [0.4, 0.5) is 0 Å². The molecule has 0 saturated carbocycles. The number of nitrogens with zero attached hydrogens (tertiary/aromatic N) is 2. The third-order valence-electron chi connectivity index (χ3n) is 2.45. The first-order valence-corrected chi connectivity index (χ1v) is 4.96. The summed E-state index contributed by atoms with van der Waals surface area (Å²) < 4.78 is 0. The zero-order chi connectivity index (χ0) is 10.7. The van der Waals surface area contributed by atoms with Crippen LogP contribution >= 0.6 is 0 Å². The lowest BCUT2D eigenvalue weighted by molar-refractivity contribution is 0.677. The van der Waals surface area contributed by atoms with Gasteiger partial charge in [0.25, 0.3) is 0 Å². The first-order chi connectivity index (χ1) is 7.27. The van der Waals surface area contributed by atoms with Crippen LogP contribution in [0.1, 0.15) is 22.6 Å². The van der Waals surface area contributed by atoms with E-state index in [1.165, 1.54) is 5.56 Å². The largest absolute Gasteiger partial charge is 0.347 e. The first kappa shape index (κ1) is 9.92. The van der Waals surface area contributed by atoms with Crippen molar-refractivity contribution in [2.45, 2.75) is 26.9 Å². The van der Waals surface area contributed by atoms with E-state index in [1.807, 2.05) is 20.0 Å². The Morgan fingerprint density at radius 2 is 2.20 bits per heavy atom. The fraction of sp³-hybridized carbons (Fsp3) is 0.400. The standard InChI is InChI=1S/C10H15N5/c1-7-10(8(2)15-14-7)5-11-3-9-4-12-6-13-9/h4,6,11H,3,5H2,1-2H3,(H,12,13)(H,14,15). The predicted octanol–water partition coefficient (Wildman–Crippen LogP) is 1.04. The fourth-order valence-corrected chi connectivity index (χ4v) is 1.54. The van der Waals surface area contributed by atoms with Crippen molar-refractivity contribution in [2.75, 3.05) is 0 Å². The molecule has 0 radical (unpaired) electrons. The maximum atomic E-state index is 4.15. The van der Waals surface area contributed by atoms with Gasteiger partial charge in [-0.25, -0.2) is 4.98 Å². The second-order valence-electron chi connectivity index (χ2n) is 3.59. The molecule has 80 valence electrons. The molecule has 2 heterocycles. The molecule has 0 spiro atoms. The molecule has 5 heteroatoms. The van der Waals surface area contributed by atoms with Crippen LogP contribution in [0.2, 0.25) is 0 Å². The van der Waals surface area contributed by atoms with E-state index in [2.05, 4.69) is 25.5 Å². The zero-order valence-corrected chi connectivity index (χ0v) is 8.96. The Morgan fingerprint density at radius 1 is 1.33 bits per heavy atom. The zero-order valence-electron chi connectivity index (χ0n) is 8.96. The number of H-pyrrole nitrogens is 2. The molecule has 3 N–H and O–H groups in total. The van der Waals surface area contributed by atoms with Crippen molar-refractivity contribution < 1.29 is 0 Å². The van der Waals surface area contributed by atoms with Gasteiger partial charge >= 0.3 is 0 Å². The van der Waals surface area contributed by atoms with Crippen LogP contribution in [0.15, 0.2) is 12.5 Å². The summed E-state index contributed by atoms with van der Waals surface area (Å²) in [6.07, 6.45) is 3.51. The summed E-state index contributed by atoms with van der Waals surface area (Å²) in [7, 11) is 0. The third kappa shape index (κ3) is 2.24. The number of aromatic amines is 2. The van der Waals surface area contributed by atoms with Crippen molar-refractivity contribution in [3.05, 3.63) is 35.2 Å². The average Bonchev–Trinajstić information content (AvgIpc) is 2.82. The Balaban J connectivity index is 1.89. The third-order valence-corrected chi connectivity index (χ3v) is 2.45. The lowest BCUT2D eigenvalue weighted by Gasteiger charge is -2.03. The summed E-state index contributed by atoms with van der Waals surface area (Å²) in [6.45, 7) is 5.67. The molecule has 0 bridgehead atoms. The summed E-state index contributed by atoms with van der Waals surface area (Å²) in [5.74, 6) is 0. The molecule has 5 nitrogen and oxygen atoms in total. The summed E-state index contributed by atoms with van der Waals surface area (Å²) in [6, 6.07) is 0. The lowest BCUT2D eigenvalue weighted by atomic mass is 10.2. The Kier molecular flexibility index (Phi) is 2.82. The van der Waals surface area contributed by atoms with Gasteiger partial charge in [0, 0.05) is 36.2 Å². The van der Waals surface area contributed by atoms with Crippen molar-refractivity contribution in [3.63, 3.8) is 0 Å². The molecule has 0 aliphatic rings. The molecule has 0 atom stereocenters. The highest BCUT2D eigenvalue weighted by Gasteiger charge is 2.05. The second-order valence-corrected chi connectivity index (χ2v) is 3.59. The smallest absolute Gasteiger partial charge is 0.0922 e. The number of aryl methyl sites for hydroxylation is 2. The van der Waals surface area contributed by atoms with Gasteiger partial charge in [-0.15, -0.1) is 0 Å². The SMILES string of the molecule is Cc1n[nH]c(C)c1CNCc1cnc[nH]1. The van der Waals surface area contributed by atoms with Gasteiger partial charge in [-0.3, -0.25) is 5.10 Å². The Hall–Kier alpha value is -1.62. The van der Waals surface area contributed by atoms with Crippen molar-refractivity contribution in [3.8, 4) is 0 Å². The van der Waals surface area contributed by atoms with E-state index in [0.29, 0.717) is 0 Å². The van der Waals surface area contributed by atoms with E-state index in [-0.39, 0.29) is 0 Å². The average molecular weight is 205 g/mol. The van der Waals surface area contributed by atoms with E-state index < -0.39 is 0 Å². The number of rotatable bonds is 4. The molecule has 2 aromatic heterocycles. The Labute approximate surface area is 88.3 Å². The van der Waals surface area contributed by atoms with Crippen molar-refractivity contribution in [2.24, 2.45) is 0 Å². The molecular weight excluding hydrogens is 190 g/mol. The van der Waals surface area contributed by atoms with Crippen LogP contribution in [0.3, 0.4) is 0 Å². The van der Waals surface area contributed by atoms with Crippen LogP contribution in [0.5, 0.6) is 0 Å². The number of hydrogen-bond donors (Lipinski definition) is 3. The first-order valence-electron chi connectivity index (χ1n) is 4.96. The molecule has 0 aromatic carbocycles. The molecule has 0 aliphatic heterocycles. The van der Waals surface area contributed by atoms with Crippen LogP contribution in [-0.4, -0.2) is 20.2 Å². The van der Waals surface area contributed by atoms with Crippen LogP contribution < -0.4 is 5.32 Å². The van der Waals surface area contributed by atoms with Crippen LogP contribution in [0.25, 0.3) is 0 Å². The van der Waals surface area contributed by atoms with E-state index in [9.17, 15) is 0 Å². The van der Waals surface area contributed by atoms with Gasteiger partial charge in [0.15, 0.2) is 0 Å². The summed E-state index contributed by atoms with van der Waals surface area (Å²) >= 11 is 0. The molecule has 0 unspecified atom stereocenters. The summed E-state index contributed by atoms with van der Waals surface area (Å²) in [5, 5.41) is 10.5. The van der Waals surface area contributed by atoms with Gasteiger partial charge in [0.2, 0.25) is 0 Å². The fourth-order valence-electron chi connectivity index (χ4n) is 1.54. The topological polar surface area (TPSA) is 69.4 Å². The Morgan fingerprint density at radius 3 is 2.80 bits per heavy atom. The van der Waals surface area contributed by atoms with Gasteiger partial charge in [-0.2, -0.15) is 5.10 Å². The number of imidazole rings is 1. The normalized spacial score (nSPS) is 10.8.